The Morgan fingerprint density at radius 1 is 1.25 bits per heavy atom. The van der Waals surface area contributed by atoms with Crippen molar-refractivity contribution >= 4 is 6.01 Å². The first-order chi connectivity index (χ1) is 7.65. The molecule has 0 spiro atoms. The second-order valence-electron chi connectivity index (χ2n) is 4.37. The van der Waals surface area contributed by atoms with Crippen LogP contribution in [0.25, 0.3) is 11.3 Å². The van der Waals surface area contributed by atoms with Crippen LogP contribution in [0.5, 0.6) is 0 Å². The highest BCUT2D eigenvalue weighted by Crippen LogP contribution is 2.20. The van der Waals surface area contributed by atoms with Crippen molar-refractivity contribution in [3.63, 3.8) is 0 Å². The largest absolute Gasteiger partial charge is 0.432 e. The van der Waals surface area contributed by atoms with Crippen molar-refractivity contribution in [3.05, 3.63) is 36.1 Å². The predicted molar refractivity (Wildman–Crippen MR) is 64.9 cm³/mol. The highest BCUT2D eigenvalue weighted by atomic mass is 16.4. The van der Waals surface area contributed by atoms with Gasteiger partial charge in [-0.3, -0.25) is 0 Å². The van der Waals surface area contributed by atoms with Crippen molar-refractivity contribution in [1.82, 2.24) is 4.98 Å². The number of oxazole rings is 1. The lowest BCUT2D eigenvalue weighted by Gasteiger charge is -2.05. The summed E-state index contributed by atoms with van der Waals surface area (Å²) in [5.41, 5.74) is 8.60. The first-order valence-corrected chi connectivity index (χ1v) is 5.45. The molecule has 0 saturated carbocycles. The highest BCUT2D eigenvalue weighted by molar-refractivity contribution is 5.59. The minimum atomic E-state index is 0.209. The van der Waals surface area contributed by atoms with Gasteiger partial charge in [-0.05, 0) is 17.9 Å². The van der Waals surface area contributed by atoms with Gasteiger partial charge in [0, 0.05) is 5.56 Å². The van der Waals surface area contributed by atoms with E-state index in [4.69, 9.17) is 10.2 Å². The molecule has 0 fully saturated rings. The van der Waals surface area contributed by atoms with Gasteiger partial charge in [-0.25, -0.2) is 0 Å². The van der Waals surface area contributed by atoms with Crippen LogP contribution in [0.1, 0.15) is 19.4 Å². The number of nitrogens with two attached hydrogens (primary N) is 1. The molecule has 0 aliphatic carbocycles. The molecule has 0 bridgehead atoms. The number of benzene rings is 1. The van der Waals surface area contributed by atoms with Gasteiger partial charge in [0.2, 0.25) is 0 Å². The fraction of sp³-hybridized carbons (Fsp3) is 0.308. The Morgan fingerprint density at radius 2 is 1.94 bits per heavy atom. The van der Waals surface area contributed by atoms with E-state index < -0.39 is 0 Å². The molecular weight excluding hydrogens is 200 g/mol. The highest BCUT2D eigenvalue weighted by Gasteiger charge is 2.04. The summed E-state index contributed by atoms with van der Waals surface area (Å²) in [6.45, 7) is 4.43. The van der Waals surface area contributed by atoms with E-state index in [1.807, 2.05) is 0 Å². The molecule has 0 aliphatic rings. The molecule has 0 radical (unpaired) electrons. The lowest BCUT2D eigenvalue weighted by Crippen LogP contribution is -1.93. The van der Waals surface area contributed by atoms with E-state index in [1.165, 1.54) is 5.56 Å². The third-order valence-electron chi connectivity index (χ3n) is 2.42. The average Bonchev–Trinajstić information content (AvgIpc) is 2.65. The minimum Gasteiger partial charge on any atom is -0.432 e. The number of aromatic nitrogens is 1. The fourth-order valence-corrected chi connectivity index (χ4v) is 1.70. The third kappa shape index (κ3) is 2.42. The molecule has 0 atom stereocenters. The summed E-state index contributed by atoms with van der Waals surface area (Å²) < 4.78 is 4.98. The smallest absolute Gasteiger partial charge is 0.292 e. The number of hydrogen-bond acceptors (Lipinski definition) is 3. The van der Waals surface area contributed by atoms with Gasteiger partial charge < -0.3 is 10.2 Å². The standard InChI is InChI=1S/C13H16N2O/c1-9(2)7-10-3-5-11(6-4-10)12-8-16-13(14)15-12/h3-6,8-9H,7H2,1-2H3,(H2,14,15). The van der Waals surface area contributed by atoms with Gasteiger partial charge in [-0.2, -0.15) is 4.98 Å². The SMILES string of the molecule is CC(C)Cc1ccc(-c2coc(N)n2)cc1. The average molecular weight is 216 g/mol. The summed E-state index contributed by atoms with van der Waals surface area (Å²) in [7, 11) is 0. The summed E-state index contributed by atoms with van der Waals surface area (Å²) >= 11 is 0. The van der Waals surface area contributed by atoms with Crippen LogP contribution in [-0.4, -0.2) is 4.98 Å². The second kappa shape index (κ2) is 4.39. The Balaban J connectivity index is 2.19. The van der Waals surface area contributed by atoms with Crippen LogP contribution in [0, 0.1) is 5.92 Å². The number of nitrogen functional groups attached to an aromatic ring is 1. The van der Waals surface area contributed by atoms with E-state index in [-0.39, 0.29) is 6.01 Å². The van der Waals surface area contributed by atoms with E-state index in [2.05, 4.69) is 43.1 Å². The van der Waals surface area contributed by atoms with Gasteiger partial charge >= 0.3 is 0 Å². The van der Waals surface area contributed by atoms with Crippen molar-refractivity contribution in [1.29, 1.82) is 0 Å². The summed E-state index contributed by atoms with van der Waals surface area (Å²) in [4.78, 5) is 4.08. The van der Waals surface area contributed by atoms with Crippen LogP contribution in [0.2, 0.25) is 0 Å². The second-order valence-corrected chi connectivity index (χ2v) is 4.37. The van der Waals surface area contributed by atoms with Gasteiger partial charge in [0.05, 0.1) is 0 Å². The maximum atomic E-state index is 5.43. The van der Waals surface area contributed by atoms with Crippen molar-refractivity contribution in [2.45, 2.75) is 20.3 Å². The predicted octanol–water partition coefficient (Wildman–Crippen LogP) is 3.12. The van der Waals surface area contributed by atoms with E-state index >= 15 is 0 Å². The van der Waals surface area contributed by atoms with Crippen LogP contribution in [0.3, 0.4) is 0 Å². The molecule has 0 unspecified atom stereocenters. The van der Waals surface area contributed by atoms with Crippen LogP contribution in [-0.2, 0) is 6.42 Å². The lowest BCUT2D eigenvalue weighted by atomic mass is 10.0. The third-order valence-corrected chi connectivity index (χ3v) is 2.42. The molecule has 16 heavy (non-hydrogen) atoms. The topological polar surface area (TPSA) is 52.0 Å². The molecule has 2 N–H and O–H groups in total. The van der Waals surface area contributed by atoms with Crippen LogP contribution >= 0.6 is 0 Å². The number of rotatable bonds is 3. The molecule has 0 saturated heterocycles. The van der Waals surface area contributed by atoms with E-state index in [1.54, 1.807) is 6.26 Å². The van der Waals surface area contributed by atoms with Crippen molar-refractivity contribution < 1.29 is 4.42 Å². The van der Waals surface area contributed by atoms with Crippen molar-refractivity contribution in [2.75, 3.05) is 5.73 Å². The molecule has 84 valence electrons. The zero-order valence-electron chi connectivity index (χ0n) is 9.60. The van der Waals surface area contributed by atoms with E-state index in [9.17, 15) is 0 Å². The van der Waals surface area contributed by atoms with Crippen molar-refractivity contribution in [2.24, 2.45) is 5.92 Å². The number of nitrogens with zero attached hydrogens (tertiary/aromatic N) is 1. The first-order valence-electron chi connectivity index (χ1n) is 5.45. The van der Waals surface area contributed by atoms with Crippen LogP contribution in [0.15, 0.2) is 34.9 Å². The molecular formula is C13H16N2O. The van der Waals surface area contributed by atoms with Gasteiger partial charge in [0.25, 0.3) is 6.01 Å². The number of anilines is 1. The first kappa shape index (κ1) is 10.7. The molecule has 3 heteroatoms. The monoisotopic (exact) mass is 216 g/mol. The van der Waals surface area contributed by atoms with Crippen molar-refractivity contribution in [3.8, 4) is 11.3 Å². The molecule has 0 aliphatic heterocycles. The minimum absolute atomic E-state index is 0.209. The number of hydrogen-bond donors (Lipinski definition) is 1. The Morgan fingerprint density at radius 3 is 2.44 bits per heavy atom. The normalized spacial score (nSPS) is 10.9. The molecule has 2 aromatic rings. The Hall–Kier alpha value is -1.77. The zero-order chi connectivity index (χ0) is 11.5. The van der Waals surface area contributed by atoms with E-state index in [0.717, 1.165) is 17.7 Å². The Kier molecular flexibility index (Phi) is 2.95. The zero-order valence-corrected chi connectivity index (χ0v) is 9.60. The van der Waals surface area contributed by atoms with E-state index in [0.29, 0.717) is 5.92 Å². The molecule has 1 aromatic heterocycles. The summed E-state index contributed by atoms with van der Waals surface area (Å²) in [5, 5.41) is 0. The quantitative estimate of drug-likeness (QED) is 0.857. The van der Waals surface area contributed by atoms with Crippen LogP contribution < -0.4 is 5.73 Å². The summed E-state index contributed by atoms with van der Waals surface area (Å²) in [6, 6.07) is 8.56. The van der Waals surface area contributed by atoms with Gasteiger partial charge in [-0.15, -0.1) is 0 Å². The summed E-state index contributed by atoms with van der Waals surface area (Å²) in [5.74, 6) is 0.675. The Labute approximate surface area is 95.3 Å². The molecule has 0 amide bonds. The lowest BCUT2D eigenvalue weighted by molar-refractivity contribution is 0.581. The molecule has 3 nitrogen and oxygen atoms in total. The summed E-state index contributed by atoms with van der Waals surface area (Å²) in [6.07, 6.45) is 2.67. The maximum Gasteiger partial charge on any atom is 0.292 e. The van der Waals surface area contributed by atoms with Gasteiger partial charge in [0.1, 0.15) is 12.0 Å². The van der Waals surface area contributed by atoms with Gasteiger partial charge in [-0.1, -0.05) is 38.1 Å². The Bertz CT molecular complexity index is 457. The van der Waals surface area contributed by atoms with Crippen LogP contribution in [0.4, 0.5) is 6.01 Å². The molecule has 2 rings (SSSR count). The molecule has 1 aromatic carbocycles. The maximum absolute atomic E-state index is 5.43. The fourth-order valence-electron chi connectivity index (χ4n) is 1.70. The molecule has 1 heterocycles. The van der Waals surface area contributed by atoms with Gasteiger partial charge in [0.15, 0.2) is 0 Å².